The van der Waals surface area contributed by atoms with Gasteiger partial charge in [0.25, 0.3) is 0 Å². The number of rotatable bonds is 6. The summed E-state index contributed by atoms with van der Waals surface area (Å²) in [5.74, 6) is 1.64. The zero-order valence-electron chi connectivity index (χ0n) is 15.4. The minimum atomic E-state index is -4.45. The van der Waals surface area contributed by atoms with E-state index in [4.69, 9.17) is 4.74 Å². The maximum Gasteiger partial charge on any atom is 0.416 e. The molecule has 150 valence electrons. The Balaban J connectivity index is 1.63. The fraction of sp³-hybridized carbons (Fsp3) is 0.474. The van der Waals surface area contributed by atoms with Crippen LogP contribution in [-0.2, 0) is 24.6 Å². The minimum Gasteiger partial charge on any atom is -0.469 e. The first-order valence-corrected chi connectivity index (χ1v) is 8.97. The molecule has 1 aliphatic carbocycles. The van der Waals surface area contributed by atoms with Crippen molar-refractivity contribution in [2.24, 2.45) is 13.0 Å². The van der Waals surface area contributed by atoms with Gasteiger partial charge in [-0.2, -0.15) is 13.2 Å². The third kappa shape index (κ3) is 4.40. The van der Waals surface area contributed by atoms with Crippen LogP contribution in [0.3, 0.4) is 0 Å². The molecule has 6 nitrogen and oxygen atoms in total. The van der Waals surface area contributed by atoms with E-state index in [0.29, 0.717) is 11.4 Å². The summed E-state index contributed by atoms with van der Waals surface area (Å²) in [7, 11) is 1.81. The predicted octanol–water partition coefficient (Wildman–Crippen LogP) is 3.84. The van der Waals surface area contributed by atoms with E-state index in [0.717, 1.165) is 56.1 Å². The van der Waals surface area contributed by atoms with E-state index >= 15 is 0 Å². The van der Waals surface area contributed by atoms with Gasteiger partial charge in [0.05, 0.1) is 5.56 Å². The molecule has 2 heterocycles. The topological polar surface area (TPSA) is 69.9 Å². The quantitative estimate of drug-likeness (QED) is 0.550. The highest BCUT2D eigenvalue weighted by molar-refractivity contribution is 5.72. The van der Waals surface area contributed by atoms with Crippen LogP contribution >= 0.6 is 0 Å². The summed E-state index contributed by atoms with van der Waals surface area (Å²) in [6.45, 7) is 3.76. The second-order valence-electron chi connectivity index (χ2n) is 6.94. The van der Waals surface area contributed by atoms with E-state index in [9.17, 15) is 18.0 Å². The number of ether oxygens (including phenoxy) is 1. The molecule has 1 aliphatic rings. The highest BCUT2D eigenvalue weighted by atomic mass is 19.4. The average molecular weight is 394 g/mol. The van der Waals surface area contributed by atoms with Gasteiger partial charge in [-0.15, -0.1) is 10.2 Å². The van der Waals surface area contributed by atoms with E-state index < -0.39 is 11.7 Å². The summed E-state index contributed by atoms with van der Waals surface area (Å²) >= 11 is 0. The van der Waals surface area contributed by atoms with Crippen LogP contribution in [0.4, 0.5) is 13.2 Å². The number of aromatic nitrogens is 4. The highest BCUT2D eigenvalue weighted by Crippen LogP contribution is 2.37. The second kappa shape index (κ2) is 8.12. The number of carbonyl (C=O) groups excluding carboxylic acids is 1. The monoisotopic (exact) mass is 394 g/mol. The van der Waals surface area contributed by atoms with E-state index in [1.54, 1.807) is 0 Å². The van der Waals surface area contributed by atoms with Gasteiger partial charge >= 0.3 is 6.18 Å². The van der Waals surface area contributed by atoms with E-state index in [1.165, 1.54) is 0 Å². The summed E-state index contributed by atoms with van der Waals surface area (Å²) in [6.07, 6.45) is 0.923. The van der Waals surface area contributed by atoms with Gasteiger partial charge in [0.1, 0.15) is 18.7 Å². The number of nitrogens with zero attached hydrogens (tertiary/aromatic N) is 4. The van der Waals surface area contributed by atoms with Crippen molar-refractivity contribution in [1.29, 1.82) is 0 Å². The van der Waals surface area contributed by atoms with Crippen molar-refractivity contribution < 1.29 is 22.7 Å². The number of carbonyl (C=O) groups is 1. The molecule has 0 N–H and O–H groups in total. The molecular weight excluding hydrogens is 373 g/mol. The highest BCUT2D eigenvalue weighted by Gasteiger charge is 2.31. The first-order chi connectivity index (χ1) is 13.3. The van der Waals surface area contributed by atoms with Gasteiger partial charge in [-0.3, -0.25) is 4.79 Å². The lowest BCUT2D eigenvalue weighted by Gasteiger charge is -2.27. The molecular formula is C19H21F3N4O2. The van der Waals surface area contributed by atoms with Crippen molar-refractivity contribution in [3.05, 3.63) is 47.7 Å². The fourth-order valence-electron chi connectivity index (χ4n) is 3.48. The number of hydrogen-bond acceptors (Lipinski definition) is 5. The van der Waals surface area contributed by atoms with Gasteiger partial charge in [-0.1, -0.05) is 6.58 Å². The predicted molar refractivity (Wildman–Crippen MR) is 94.5 cm³/mol. The largest absolute Gasteiger partial charge is 0.469 e. The molecule has 3 rings (SSSR count). The summed E-state index contributed by atoms with van der Waals surface area (Å²) in [5.41, 5.74) is -0.177. The van der Waals surface area contributed by atoms with Gasteiger partial charge in [0.15, 0.2) is 5.82 Å². The lowest BCUT2D eigenvalue weighted by Crippen LogP contribution is -2.18. The van der Waals surface area contributed by atoms with E-state index in [-0.39, 0.29) is 24.3 Å². The molecule has 0 saturated heterocycles. The maximum absolute atomic E-state index is 12.8. The van der Waals surface area contributed by atoms with E-state index in [2.05, 4.69) is 21.8 Å². The summed E-state index contributed by atoms with van der Waals surface area (Å²) in [5, 5.41) is 8.35. The third-order valence-corrected chi connectivity index (χ3v) is 5.18. The molecule has 28 heavy (non-hydrogen) atoms. The number of alkyl halides is 3. The van der Waals surface area contributed by atoms with Crippen LogP contribution < -0.4 is 4.74 Å². The number of hydrogen-bond donors (Lipinski definition) is 0. The SMILES string of the molecule is C=C(C=O)[C@H]1CC[C@H](c2nnc(COc3cc(C(F)(F)F)ccn3)n2C)CC1. The first-order valence-electron chi connectivity index (χ1n) is 8.97. The normalized spacial score (nSPS) is 20.0. The molecule has 0 aromatic carbocycles. The standard InChI is InChI=1S/C19H21F3N4O2/c1-12(10-27)13-3-5-14(6-4-13)18-25-24-16(26(18)2)11-28-17-9-15(7-8-23-17)19(20,21)22/h7-10,13-14H,1,3-6,11H2,2H3/t13-,14-. The van der Waals surface area contributed by atoms with Crippen LogP contribution in [0, 0.1) is 5.92 Å². The molecule has 0 bridgehead atoms. The smallest absolute Gasteiger partial charge is 0.416 e. The first kappa shape index (κ1) is 20.0. The summed E-state index contributed by atoms with van der Waals surface area (Å²) < 4.78 is 45.5. The Hall–Kier alpha value is -2.71. The molecule has 0 atom stereocenters. The Morgan fingerprint density at radius 1 is 1.32 bits per heavy atom. The van der Waals surface area contributed by atoms with Crippen molar-refractivity contribution in [3.8, 4) is 5.88 Å². The van der Waals surface area contributed by atoms with Gasteiger partial charge < -0.3 is 9.30 Å². The molecule has 1 fully saturated rings. The molecule has 9 heteroatoms. The molecule has 2 aromatic rings. The number of aldehydes is 1. The average Bonchev–Trinajstić information content (AvgIpc) is 3.06. The summed E-state index contributed by atoms with van der Waals surface area (Å²) in [4.78, 5) is 14.7. The van der Waals surface area contributed by atoms with Crippen LogP contribution in [0.2, 0.25) is 0 Å². The molecule has 1 saturated carbocycles. The van der Waals surface area contributed by atoms with Crippen molar-refractivity contribution >= 4 is 6.29 Å². The van der Waals surface area contributed by atoms with Gasteiger partial charge in [-0.05, 0) is 43.2 Å². The molecule has 0 unspecified atom stereocenters. The van der Waals surface area contributed by atoms with Crippen LogP contribution in [-0.4, -0.2) is 26.0 Å². The Bertz CT molecular complexity index is 855. The number of allylic oxidation sites excluding steroid dienone is 1. The van der Waals surface area contributed by atoms with Crippen molar-refractivity contribution in [2.75, 3.05) is 0 Å². The van der Waals surface area contributed by atoms with Crippen molar-refractivity contribution in [3.63, 3.8) is 0 Å². The maximum atomic E-state index is 12.8. The van der Waals surface area contributed by atoms with Crippen LogP contribution in [0.1, 0.15) is 48.8 Å². The fourth-order valence-corrected chi connectivity index (χ4v) is 3.48. The number of halogens is 3. The Morgan fingerprint density at radius 3 is 2.68 bits per heavy atom. The molecule has 0 radical (unpaired) electrons. The molecule has 0 aliphatic heterocycles. The van der Waals surface area contributed by atoms with Gasteiger partial charge in [0.2, 0.25) is 5.88 Å². The van der Waals surface area contributed by atoms with Crippen LogP contribution in [0.15, 0.2) is 30.5 Å². The Morgan fingerprint density at radius 2 is 2.04 bits per heavy atom. The summed E-state index contributed by atoms with van der Waals surface area (Å²) in [6, 6.07) is 1.75. The third-order valence-electron chi connectivity index (χ3n) is 5.18. The Kier molecular flexibility index (Phi) is 5.81. The Labute approximate surface area is 160 Å². The van der Waals surface area contributed by atoms with Gasteiger partial charge in [0, 0.05) is 25.2 Å². The zero-order valence-corrected chi connectivity index (χ0v) is 15.4. The second-order valence-corrected chi connectivity index (χ2v) is 6.94. The number of pyridine rings is 1. The van der Waals surface area contributed by atoms with E-state index in [1.807, 2.05) is 11.6 Å². The lowest BCUT2D eigenvalue weighted by atomic mass is 9.79. The van der Waals surface area contributed by atoms with Crippen LogP contribution in [0.5, 0.6) is 5.88 Å². The molecule has 0 amide bonds. The van der Waals surface area contributed by atoms with Gasteiger partial charge in [-0.25, -0.2) is 4.98 Å². The van der Waals surface area contributed by atoms with Crippen molar-refractivity contribution in [1.82, 2.24) is 19.7 Å². The van der Waals surface area contributed by atoms with Crippen LogP contribution in [0.25, 0.3) is 0 Å². The lowest BCUT2D eigenvalue weighted by molar-refractivity contribution is -0.137. The zero-order chi connectivity index (χ0) is 20.3. The van der Waals surface area contributed by atoms with Crippen molar-refractivity contribution in [2.45, 2.75) is 44.4 Å². The molecule has 2 aromatic heterocycles. The minimum absolute atomic E-state index is 0.0326. The molecule has 0 spiro atoms.